The van der Waals surface area contributed by atoms with E-state index < -0.39 is 5.82 Å². The highest BCUT2D eigenvalue weighted by atomic mass is 35.5. The Hall–Kier alpha value is -3.65. The molecule has 4 rings (SSSR count). The van der Waals surface area contributed by atoms with E-state index in [2.05, 4.69) is 15.1 Å². The predicted octanol–water partition coefficient (Wildman–Crippen LogP) is 4.00. The molecule has 2 aromatic carbocycles. The maximum atomic E-state index is 14.5. The Morgan fingerprint density at radius 2 is 1.97 bits per heavy atom. The SMILES string of the molecule is COc1cc2nc(C(Cl)=Cc3ccc(-n4cccn4)c(F)c3)[nH]c(=O)c2cc1OC. The van der Waals surface area contributed by atoms with E-state index in [9.17, 15) is 9.18 Å². The van der Waals surface area contributed by atoms with Gasteiger partial charge in [-0.25, -0.2) is 14.1 Å². The predicted molar refractivity (Wildman–Crippen MR) is 113 cm³/mol. The van der Waals surface area contributed by atoms with E-state index in [-0.39, 0.29) is 16.4 Å². The van der Waals surface area contributed by atoms with Crippen LogP contribution in [0.3, 0.4) is 0 Å². The lowest BCUT2D eigenvalue weighted by Gasteiger charge is -2.09. The molecular formula is C21H16ClFN4O3. The van der Waals surface area contributed by atoms with Crippen LogP contribution < -0.4 is 15.0 Å². The van der Waals surface area contributed by atoms with Gasteiger partial charge in [-0.1, -0.05) is 17.7 Å². The lowest BCUT2D eigenvalue weighted by molar-refractivity contribution is 0.355. The minimum atomic E-state index is -0.464. The van der Waals surface area contributed by atoms with E-state index in [0.29, 0.717) is 33.7 Å². The number of aromatic nitrogens is 4. The van der Waals surface area contributed by atoms with Crippen molar-refractivity contribution < 1.29 is 13.9 Å². The number of fused-ring (bicyclic) bond motifs is 1. The van der Waals surface area contributed by atoms with E-state index in [0.717, 1.165) is 0 Å². The first-order chi connectivity index (χ1) is 14.5. The van der Waals surface area contributed by atoms with Crippen LogP contribution in [0, 0.1) is 5.82 Å². The molecule has 0 amide bonds. The molecule has 0 bridgehead atoms. The van der Waals surface area contributed by atoms with Crippen LogP contribution in [-0.2, 0) is 0 Å². The molecular weight excluding hydrogens is 411 g/mol. The van der Waals surface area contributed by atoms with Crippen LogP contribution >= 0.6 is 11.6 Å². The summed E-state index contributed by atoms with van der Waals surface area (Å²) in [6.07, 6.45) is 4.73. The van der Waals surface area contributed by atoms with Crippen LogP contribution in [0.4, 0.5) is 4.39 Å². The smallest absolute Gasteiger partial charge is 0.259 e. The van der Waals surface area contributed by atoms with Gasteiger partial charge in [0, 0.05) is 18.5 Å². The molecule has 2 aromatic heterocycles. The van der Waals surface area contributed by atoms with Gasteiger partial charge < -0.3 is 14.5 Å². The van der Waals surface area contributed by atoms with Crippen LogP contribution in [0.2, 0.25) is 0 Å². The number of rotatable bonds is 5. The maximum Gasteiger partial charge on any atom is 0.259 e. The van der Waals surface area contributed by atoms with Crippen LogP contribution in [-0.4, -0.2) is 34.0 Å². The summed E-state index contributed by atoms with van der Waals surface area (Å²) in [5.41, 5.74) is 0.816. The van der Waals surface area contributed by atoms with Crippen molar-refractivity contribution in [2.24, 2.45) is 0 Å². The largest absolute Gasteiger partial charge is 0.493 e. The number of H-pyrrole nitrogens is 1. The normalized spacial score (nSPS) is 11.7. The lowest BCUT2D eigenvalue weighted by atomic mass is 10.1. The molecule has 9 heteroatoms. The van der Waals surface area contributed by atoms with Gasteiger partial charge in [-0.15, -0.1) is 0 Å². The van der Waals surface area contributed by atoms with Crippen molar-refractivity contribution in [2.75, 3.05) is 14.2 Å². The van der Waals surface area contributed by atoms with E-state index >= 15 is 0 Å². The highest BCUT2D eigenvalue weighted by Crippen LogP contribution is 2.30. The van der Waals surface area contributed by atoms with Crippen molar-refractivity contribution in [2.45, 2.75) is 0 Å². The molecule has 2 heterocycles. The molecule has 30 heavy (non-hydrogen) atoms. The molecule has 0 atom stereocenters. The summed E-state index contributed by atoms with van der Waals surface area (Å²) in [4.78, 5) is 19.5. The first kappa shape index (κ1) is 19.7. The molecule has 0 unspecified atom stereocenters. The number of hydrogen-bond donors (Lipinski definition) is 1. The summed E-state index contributed by atoms with van der Waals surface area (Å²) in [7, 11) is 2.97. The zero-order chi connectivity index (χ0) is 21.3. The van der Waals surface area contributed by atoms with Gasteiger partial charge in [0.25, 0.3) is 5.56 Å². The fraction of sp³-hybridized carbons (Fsp3) is 0.0952. The third kappa shape index (κ3) is 3.65. The molecule has 0 fully saturated rings. The molecule has 7 nitrogen and oxygen atoms in total. The van der Waals surface area contributed by atoms with Gasteiger partial charge in [-0.05, 0) is 35.9 Å². The zero-order valence-electron chi connectivity index (χ0n) is 16.0. The Balaban J connectivity index is 1.74. The van der Waals surface area contributed by atoms with Gasteiger partial charge >= 0.3 is 0 Å². The number of ether oxygens (including phenoxy) is 2. The summed E-state index contributed by atoms with van der Waals surface area (Å²) in [6.45, 7) is 0. The molecule has 0 saturated heterocycles. The first-order valence-corrected chi connectivity index (χ1v) is 9.21. The Kier molecular flexibility index (Phi) is 5.24. The Morgan fingerprint density at radius 1 is 1.20 bits per heavy atom. The van der Waals surface area contributed by atoms with Gasteiger partial charge in [0.2, 0.25) is 0 Å². The van der Waals surface area contributed by atoms with E-state index in [4.69, 9.17) is 21.1 Å². The molecule has 0 spiro atoms. The summed E-state index contributed by atoms with van der Waals surface area (Å²) in [6, 6.07) is 9.45. The second-order valence-corrected chi connectivity index (χ2v) is 6.70. The van der Waals surface area contributed by atoms with Gasteiger partial charge in [0.15, 0.2) is 17.3 Å². The summed E-state index contributed by atoms with van der Waals surface area (Å²) >= 11 is 6.37. The molecule has 1 N–H and O–H groups in total. The minimum absolute atomic E-state index is 0.148. The molecule has 0 radical (unpaired) electrons. The summed E-state index contributed by atoms with van der Waals surface area (Å²) in [5, 5.41) is 4.49. The Morgan fingerprint density at radius 3 is 2.63 bits per heavy atom. The highest BCUT2D eigenvalue weighted by Gasteiger charge is 2.13. The fourth-order valence-electron chi connectivity index (χ4n) is 3.00. The number of halogens is 2. The van der Waals surface area contributed by atoms with Gasteiger partial charge in [-0.2, -0.15) is 5.10 Å². The number of aromatic amines is 1. The van der Waals surface area contributed by atoms with E-state index in [1.807, 2.05) is 0 Å². The highest BCUT2D eigenvalue weighted by molar-refractivity contribution is 6.50. The Bertz CT molecular complexity index is 1320. The number of nitrogens with zero attached hydrogens (tertiary/aromatic N) is 3. The average molecular weight is 427 g/mol. The van der Waals surface area contributed by atoms with Crippen molar-refractivity contribution in [3.63, 3.8) is 0 Å². The third-order valence-electron chi connectivity index (χ3n) is 4.45. The van der Waals surface area contributed by atoms with Crippen LogP contribution in [0.15, 0.2) is 53.6 Å². The number of hydrogen-bond acceptors (Lipinski definition) is 5. The van der Waals surface area contributed by atoms with Gasteiger partial charge in [0.05, 0.1) is 30.2 Å². The van der Waals surface area contributed by atoms with Crippen molar-refractivity contribution in [1.29, 1.82) is 0 Å². The van der Waals surface area contributed by atoms with Crippen LogP contribution in [0.5, 0.6) is 11.5 Å². The van der Waals surface area contributed by atoms with Gasteiger partial charge in [0.1, 0.15) is 11.5 Å². The number of methoxy groups -OCH3 is 2. The summed E-state index contributed by atoms with van der Waals surface area (Å²) in [5.74, 6) is 0.538. The Labute approximate surface area is 175 Å². The number of nitrogens with one attached hydrogen (secondary N) is 1. The van der Waals surface area contributed by atoms with E-state index in [1.54, 1.807) is 42.7 Å². The first-order valence-electron chi connectivity index (χ1n) is 8.83. The average Bonchev–Trinajstić information content (AvgIpc) is 3.27. The quantitative estimate of drug-likeness (QED) is 0.521. The van der Waals surface area contributed by atoms with E-state index in [1.165, 1.54) is 31.0 Å². The number of benzene rings is 2. The molecule has 0 aliphatic heterocycles. The maximum absolute atomic E-state index is 14.5. The van der Waals surface area contributed by atoms with Crippen molar-refractivity contribution in [3.05, 3.63) is 76.4 Å². The second kappa shape index (κ2) is 8.00. The van der Waals surface area contributed by atoms with Crippen LogP contribution in [0.25, 0.3) is 27.7 Å². The molecule has 0 aliphatic carbocycles. The van der Waals surface area contributed by atoms with Crippen molar-refractivity contribution in [1.82, 2.24) is 19.7 Å². The van der Waals surface area contributed by atoms with Crippen molar-refractivity contribution in [3.8, 4) is 17.2 Å². The van der Waals surface area contributed by atoms with Crippen LogP contribution in [0.1, 0.15) is 11.4 Å². The molecule has 0 saturated carbocycles. The minimum Gasteiger partial charge on any atom is -0.493 e. The molecule has 152 valence electrons. The molecule has 4 aromatic rings. The fourth-order valence-corrected chi connectivity index (χ4v) is 3.22. The molecule has 0 aliphatic rings. The topological polar surface area (TPSA) is 82.0 Å². The monoisotopic (exact) mass is 426 g/mol. The second-order valence-electron chi connectivity index (χ2n) is 6.29. The summed E-state index contributed by atoms with van der Waals surface area (Å²) < 4.78 is 26.4. The standard InChI is InChI=1S/C21H16ClFN4O3/c1-29-18-10-13-16(11-19(18)30-2)25-20(26-21(13)28)14(22)8-12-4-5-17(15(23)9-12)27-7-3-6-24-27/h3-11H,1-2H3,(H,25,26,28). The van der Waals surface area contributed by atoms with Gasteiger partial charge in [-0.3, -0.25) is 4.79 Å². The third-order valence-corrected chi connectivity index (χ3v) is 4.74. The lowest BCUT2D eigenvalue weighted by Crippen LogP contribution is -2.11. The zero-order valence-corrected chi connectivity index (χ0v) is 16.8. The van der Waals surface area contributed by atoms with Crippen molar-refractivity contribution >= 4 is 33.6 Å².